The van der Waals surface area contributed by atoms with Crippen LogP contribution in [0.1, 0.15) is 15.9 Å². The summed E-state index contributed by atoms with van der Waals surface area (Å²) in [5, 5.41) is 15.5. The molecule has 0 aliphatic rings. The van der Waals surface area contributed by atoms with Crippen molar-refractivity contribution >= 4 is 35.0 Å². The molecule has 7 heteroatoms. The molecule has 0 aromatic heterocycles. The highest BCUT2D eigenvalue weighted by Crippen LogP contribution is 2.34. The first-order valence-electron chi connectivity index (χ1n) is 10.4. The summed E-state index contributed by atoms with van der Waals surface area (Å²) in [6.07, 6.45) is 0. The van der Waals surface area contributed by atoms with Crippen LogP contribution in [0, 0.1) is 6.92 Å². The third kappa shape index (κ3) is 5.74. The molecule has 2 amide bonds. The van der Waals surface area contributed by atoms with Gasteiger partial charge in [0.2, 0.25) is 0 Å². The lowest BCUT2D eigenvalue weighted by Crippen LogP contribution is -2.19. The fourth-order valence-electron chi connectivity index (χ4n) is 3.28. The summed E-state index contributed by atoms with van der Waals surface area (Å²) < 4.78 is 5.99. The molecule has 0 saturated heterocycles. The Bertz CT molecular complexity index is 1340. The van der Waals surface area contributed by atoms with Crippen LogP contribution >= 0.6 is 11.6 Å². The number of halogens is 1. The maximum atomic E-state index is 12.7. The zero-order chi connectivity index (χ0) is 24.1. The number of benzene rings is 4. The minimum Gasteiger partial charge on any atom is -0.478 e. The predicted molar refractivity (Wildman–Crippen MR) is 134 cm³/mol. The van der Waals surface area contributed by atoms with Gasteiger partial charge in [0.25, 0.3) is 0 Å². The highest BCUT2D eigenvalue weighted by Gasteiger charge is 2.13. The normalized spacial score (nSPS) is 10.4. The van der Waals surface area contributed by atoms with Crippen molar-refractivity contribution in [3.05, 3.63) is 107 Å². The van der Waals surface area contributed by atoms with E-state index >= 15 is 0 Å². The van der Waals surface area contributed by atoms with E-state index in [1.165, 1.54) is 6.07 Å². The SMILES string of the molecule is Cc1ccc(NC(=O)Nc2cc(-c3cccc(C(=O)O)c3)ccc2Oc2ccc(Cl)cc2)cc1. The first-order chi connectivity index (χ1) is 16.4. The van der Waals surface area contributed by atoms with E-state index in [1.54, 1.807) is 60.7 Å². The van der Waals surface area contributed by atoms with E-state index in [2.05, 4.69) is 10.6 Å². The van der Waals surface area contributed by atoms with Crippen LogP contribution in [0.3, 0.4) is 0 Å². The van der Waals surface area contributed by atoms with Gasteiger partial charge in [-0.2, -0.15) is 0 Å². The molecule has 4 aromatic rings. The van der Waals surface area contributed by atoms with Gasteiger partial charge >= 0.3 is 12.0 Å². The first kappa shape index (κ1) is 22.9. The third-order valence-corrected chi connectivity index (χ3v) is 5.27. The average molecular weight is 473 g/mol. The molecule has 34 heavy (non-hydrogen) atoms. The molecule has 0 bridgehead atoms. The highest BCUT2D eigenvalue weighted by molar-refractivity contribution is 6.30. The lowest BCUT2D eigenvalue weighted by Gasteiger charge is -2.15. The molecule has 0 radical (unpaired) electrons. The van der Waals surface area contributed by atoms with Gasteiger partial charge in [-0.05, 0) is 78.7 Å². The standard InChI is InChI=1S/C27H21ClN2O4/c1-17-5-10-22(11-6-17)29-27(33)30-24-16-19(18-3-2-4-20(15-18)26(31)32)7-14-25(24)34-23-12-8-21(28)9-13-23/h2-16H,1H3,(H,31,32)(H2,29,30,33). The number of carbonyl (C=O) groups excluding carboxylic acids is 1. The van der Waals surface area contributed by atoms with E-state index in [0.717, 1.165) is 11.1 Å². The van der Waals surface area contributed by atoms with Gasteiger partial charge in [0.1, 0.15) is 5.75 Å². The van der Waals surface area contributed by atoms with Crippen LogP contribution in [-0.4, -0.2) is 17.1 Å². The molecule has 3 N–H and O–H groups in total. The van der Waals surface area contributed by atoms with Gasteiger partial charge in [0.05, 0.1) is 11.3 Å². The fraction of sp³-hybridized carbons (Fsp3) is 0.0370. The second-order valence-electron chi connectivity index (χ2n) is 7.60. The van der Waals surface area contributed by atoms with Crippen molar-refractivity contribution in [2.75, 3.05) is 10.6 Å². The number of urea groups is 1. The predicted octanol–water partition coefficient (Wildman–Crippen LogP) is 7.45. The van der Waals surface area contributed by atoms with Crippen LogP contribution < -0.4 is 15.4 Å². The van der Waals surface area contributed by atoms with Gasteiger partial charge in [0, 0.05) is 10.7 Å². The molecule has 0 heterocycles. The van der Waals surface area contributed by atoms with Crippen molar-refractivity contribution in [1.82, 2.24) is 0 Å². The molecule has 0 spiro atoms. The fourth-order valence-corrected chi connectivity index (χ4v) is 3.41. The minimum atomic E-state index is -1.01. The number of aromatic carboxylic acids is 1. The van der Waals surface area contributed by atoms with Crippen LogP contribution in [0.25, 0.3) is 11.1 Å². The molecular formula is C27H21ClN2O4. The summed E-state index contributed by atoms with van der Waals surface area (Å²) in [5.41, 5.74) is 3.73. The number of amides is 2. The maximum absolute atomic E-state index is 12.7. The number of carbonyl (C=O) groups is 2. The summed E-state index contributed by atoms with van der Waals surface area (Å²) in [5.74, 6) is -0.0492. The molecule has 0 fully saturated rings. The number of aryl methyl sites for hydroxylation is 1. The summed E-state index contributed by atoms with van der Waals surface area (Å²) in [6.45, 7) is 1.97. The van der Waals surface area contributed by atoms with Crippen molar-refractivity contribution in [3.63, 3.8) is 0 Å². The molecule has 4 rings (SSSR count). The van der Waals surface area contributed by atoms with Crippen LogP contribution in [-0.2, 0) is 0 Å². The average Bonchev–Trinajstić information content (AvgIpc) is 2.83. The zero-order valence-corrected chi connectivity index (χ0v) is 19.0. The lowest BCUT2D eigenvalue weighted by atomic mass is 10.0. The Balaban J connectivity index is 1.65. The van der Waals surface area contributed by atoms with Crippen molar-refractivity contribution in [2.45, 2.75) is 6.92 Å². The highest BCUT2D eigenvalue weighted by atomic mass is 35.5. The molecule has 0 aliphatic carbocycles. The lowest BCUT2D eigenvalue weighted by molar-refractivity contribution is 0.0697. The van der Waals surface area contributed by atoms with Gasteiger partial charge < -0.3 is 20.5 Å². The van der Waals surface area contributed by atoms with Crippen LogP contribution in [0.4, 0.5) is 16.2 Å². The second kappa shape index (κ2) is 10.1. The van der Waals surface area contributed by atoms with E-state index in [9.17, 15) is 14.7 Å². The van der Waals surface area contributed by atoms with Crippen molar-refractivity contribution in [3.8, 4) is 22.6 Å². The van der Waals surface area contributed by atoms with Crippen LogP contribution in [0.2, 0.25) is 5.02 Å². The number of carboxylic acid groups (broad SMARTS) is 1. The van der Waals surface area contributed by atoms with E-state index in [1.807, 2.05) is 31.2 Å². The number of carboxylic acids is 1. The van der Waals surface area contributed by atoms with Crippen molar-refractivity contribution in [1.29, 1.82) is 0 Å². The summed E-state index contributed by atoms with van der Waals surface area (Å²) in [4.78, 5) is 24.1. The topological polar surface area (TPSA) is 87.7 Å². The number of ether oxygens (including phenoxy) is 1. The molecule has 4 aromatic carbocycles. The molecule has 0 unspecified atom stereocenters. The Labute approximate surface area is 201 Å². The Morgan fingerprint density at radius 2 is 1.53 bits per heavy atom. The molecule has 170 valence electrons. The smallest absolute Gasteiger partial charge is 0.335 e. The van der Waals surface area contributed by atoms with Gasteiger partial charge in [-0.1, -0.05) is 47.5 Å². The monoisotopic (exact) mass is 472 g/mol. The molecule has 0 saturated carbocycles. The van der Waals surface area contributed by atoms with E-state index in [-0.39, 0.29) is 5.56 Å². The molecular weight excluding hydrogens is 452 g/mol. The number of rotatable bonds is 6. The molecule has 0 atom stereocenters. The second-order valence-corrected chi connectivity index (χ2v) is 8.03. The Morgan fingerprint density at radius 3 is 2.24 bits per heavy atom. The zero-order valence-electron chi connectivity index (χ0n) is 18.2. The number of hydrogen-bond donors (Lipinski definition) is 3. The summed E-state index contributed by atoms with van der Waals surface area (Å²) >= 11 is 5.96. The van der Waals surface area contributed by atoms with Crippen molar-refractivity contribution < 1.29 is 19.4 Å². The number of nitrogens with one attached hydrogen (secondary N) is 2. The maximum Gasteiger partial charge on any atom is 0.335 e. The molecule has 0 aliphatic heterocycles. The first-order valence-corrected chi connectivity index (χ1v) is 10.8. The van der Waals surface area contributed by atoms with Gasteiger partial charge in [-0.25, -0.2) is 9.59 Å². The summed E-state index contributed by atoms with van der Waals surface area (Å²) in [6, 6.07) is 25.7. The van der Waals surface area contributed by atoms with Gasteiger partial charge in [-0.15, -0.1) is 0 Å². The van der Waals surface area contributed by atoms with E-state index in [0.29, 0.717) is 33.5 Å². The van der Waals surface area contributed by atoms with Gasteiger partial charge in [-0.3, -0.25) is 0 Å². The van der Waals surface area contributed by atoms with Crippen molar-refractivity contribution in [2.24, 2.45) is 0 Å². The van der Waals surface area contributed by atoms with E-state index < -0.39 is 12.0 Å². The number of anilines is 2. The summed E-state index contributed by atoms with van der Waals surface area (Å²) in [7, 11) is 0. The van der Waals surface area contributed by atoms with E-state index in [4.69, 9.17) is 16.3 Å². The quantitative estimate of drug-likeness (QED) is 0.272. The van der Waals surface area contributed by atoms with Crippen LogP contribution in [0.15, 0.2) is 91.0 Å². The van der Waals surface area contributed by atoms with Crippen LogP contribution in [0.5, 0.6) is 11.5 Å². The van der Waals surface area contributed by atoms with Gasteiger partial charge in [0.15, 0.2) is 5.75 Å². The largest absolute Gasteiger partial charge is 0.478 e. The Kier molecular flexibility index (Phi) is 6.80. The minimum absolute atomic E-state index is 0.172. The Morgan fingerprint density at radius 1 is 0.824 bits per heavy atom. The number of hydrogen-bond acceptors (Lipinski definition) is 3. The third-order valence-electron chi connectivity index (χ3n) is 5.02. The Hall–Kier alpha value is -4.29. The molecule has 6 nitrogen and oxygen atoms in total.